The Hall–Kier alpha value is -0.570. The van der Waals surface area contributed by atoms with E-state index in [1.54, 1.807) is 6.07 Å². The molecule has 0 radical (unpaired) electrons. The average molecular weight is 415 g/mol. The summed E-state index contributed by atoms with van der Waals surface area (Å²) in [5, 5.41) is 2.54. The molecule has 0 bridgehead atoms. The van der Waals surface area contributed by atoms with Crippen molar-refractivity contribution in [1.82, 2.24) is 0 Å². The Labute approximate surface area is 131 Å². The second kappa shape index (κ2) is 6.93. The fraction of sp³-hybridized carbons (Fsp3) is 0.417. The molecule has 110 valence electrons. The van der Waals surface area contributed by atoms with Crippen molar-refractivity contribution in [3.63, 3.8) is 0 Å². The number of nitrogens with one attached hydrogen (secondary N) is 1. The molecule has 4 nitrogen and oxygen atoms in total. The number of carbonyl (C=O) groups excluding carboxylic acids is 1. The molecule has 1 aliphatic heterocycles. The van der Waals surface area contributed by atoms with Crippen LogP contribution < -0.4 is 5.32 Å². The Bertz CT molecular complexity index is 508. The van der Waals surface area contributed by atoms with Crippen LogP contribution in [0.15, 0.2) is 15.0 Å². The van der Waals surface area contributed by atoms with Crippen molar-refractivity contribution < 1.29 is 23.0 Å². The monoisotopic (exact) mass is 413 g/mol. The van der Waals surface area contributed by atoms with Crippen molar-refractivity contribution in [2.24, 2.45) is 0 Å². The minimum atomic E-state index is -2.51. The topological polar surface area (TPSA) is 47.6 Å². The average Bonchev–Trinajstić information content (AvgIpc) is 2.89. The second-order valence-corrected chi connectivity index (χ2v) is 5.66. The van der Waals surface area contributed by atoms with Crippen molar-refractivity contribution in [3.8, 4) is 0 Å². The second-order valence-electron chi connectivity index (χ2n) is 4.01. The van der Waals surface area contributed by atoms with Crippen molar-refractivity contribution >= 4 is 43.8 Å². The molecular formula is C12H11Br2F2NO3. The number of carbonyl (C=O) groups is 1. The van der Waals surface area contributed by atoms with Crippen molar-refractivity contribution in [1.29, 1.82) is 0 Å². The van der Waals surface area contributed by atoms with Crippen LogP contribution in [0.4, 0.5) is 14.5 Å². The first-order chi connectivity index (χ1) is 9.54. The number of hydrogen-bond acceptors (Lipinski definition) is 4. The van der Waals surface area contributed by atoms with Crippen LogP contribution in [0.1, 0.15) is 22.2 Å². The molecule has 0 aromatic heterocycles. The van der Waals surface area contributed by atoms with Crippen LogP contribution in [0.25, 0.3) is 0 Å². The van der Waals surface area contributed by atoms with Gasteiger partial charge in [-0.15, -0.1) is 0 Å². The molecule has 1 aliphatic rings. The largest absolute Gasteiger partial charge is 0.379 e. The van der Waals surface area contributed by atoms with E-state index in [1.165, 1.54) is 0 Å². The molecule has 1 aromatic carbocycles. The Morgan fingerprint density at radius 3 is 2.60 bits per heavy atom. The number of halogens is 4. The third kappa shape index (κ3) is 3.36. The van der Waals surface area contributed by atoms with Gasteiger partial charge in [-0.1, -0.05) is 15.9 Å². The number of benzene rings is 1. The van der Waals surface area contributed by atoms with Crippen molar-refractivity contribution in [3.05, 3.63) is 26.1 Å². The summed E-state index contributed by atoms with van der Waals surface area (Å²) >= 11 is 6.66. The molecule has 1 saturated heterocycles. The maximum absolute atomic E-state index is 12.3. The fourth-order valence-corrected chi connectivity index (χ4v) is 3.43. The van der Waals surface area contributed by atoms with Gasteiger partial charge in [0, 0.05) is 20.2 Å². The molecule has 0 aliphatic carbocycles. The Kier molecular flexibility index (Phi) is 5.48. The van der Waals surface area contributed by atoms with Gasteiger partial charge in [0.15, 0.2) is 12.6 Å². The van der Waals surface area contributed by atoms with Gasteiger partial charge in [-0.3, -0.25) is 4.79 Å². The third-order valence-electron chi connectivity index (χ3n) is 2.71. The van der Waals surface area contributed by atoms with Crippen molar-refractivity contribution in [2.45, 2.75) is 12.7 Å². The molecule has 0 unspecified atom stereocenters. The van der Waals surface area contributed by atoms with E-state index in [2.05, 4.69) is 37.2 Å². The maximum Gasteiger partial charge on any atom is 0.255 e. The quantitative estimate of drug-likeness (QED) is 0.745. The van der Waals surface area contributed by atoms with E-state index < -0.39 is 19.3 Å². The molecule has 1 N–H and O–H groups in total. The van der Waals surface area contributed by atoms with Gasteiger partial charge in [0.1, 0.15) is 0 Å². The predicted octanol–water partition coefficient (Wildman–Crippen LogP) is 3.75. The Balaban J connectivity index is 2.38. The summed E-state index contributed by atoms with van der Waals surface area (Å²) in [5.41, 5.74) is 1.20. The molecule has 1 fully saturated rings. The van der Waals surface area contributed by atoms with E-state index in [0.29, 0.717) is 39.7 Å². The third-order valence-corrected chi connectivity index (χ3v) is 4.22. The summed E-state index contributed by atoms with van der Waals surface area (Å²) in [5.74, 6) is 0. The zero-order valence-corrected chi connectivity index (χ0v) is 13.3. The first kappa shape index (κ1) is 15.8. The maximum atomic E-state index is 12.3. The summed E-state index contributed by atoms with van der Waals surface area (Å²) in [7, 11) is 0. The number of anilines is 1. The van der Waals surface area contributed by atoms with Crippen LogP contribution in [0.2, 0.25) is 0 Å². The zero-order valence-electron chi connectivity index (χ0n) is 10.2. The molecule has 0 amide bonds. The molecule has 0 saturated carbocycles. The van der Waals surface area contributed by atoms with Crippen LogP contribution in [-0.4, -0.2) is 32.5 Å². The molecule has 2 rings (SSSR count). The summed E-state index contributed by atoms with van der Waals surface area (Å²) in [6, 6.07) is 1.57. The normalized spacial score (nSPS) is 15.8. The van der Waals surface area contributed by atoms with E-state index in [9.17, 15) is 13.6 Å². The summed E-state index contributed by atoms with van der Waals surface area (Å²) < 4.78 is 36.4. The van der Waals surface area contributed by atoms with E-state index in [1.807, 2.05) is 0 Å². The predicted molar refractivity (Wildman–Crippen MR) is 76.4 cm³/mol. The Morgan fingerprint density at radius 2 is 2.05 bits per heavy atom. The number of aldehydes is 1. The number of hydrogen-bond donors (Lipinski definition) is 1. The minimum Gasteiger partial charge on any atom is -0.379 e. The lowest BCUT2D eigenvalue weighted by Gasteiger charge is -2.18. The summed E-state index contributed by atoms with van der Waals surface area (Å²) in [4.78, 5) is 11.2. The molecule has 0 atom stereocenters. The van der Waals surface area contributed by atoms with Gasteiger partial charge < -0.3 is 14.8 Å². The van der Waals surface area contributed by atoms with Gasteiger partial charge in [0.2, 0.25) is 0 Å². The van der Waals surface area contributed by atoms with Crippen LogP contribution >= 0.6 is 31.9 Å². The van der Waals surface area contributed by atoms with Gasteiger partial charge >= 0.3 is 0 Å². The van der Waals surface area contributed by atoms with Crippen LogP contribution in [0, 0.1) is 0 Å². The van der Waals surface area contributed by atoms with Gasteiger partial charge in [0.25, 0.3) is 6.43 Å². The van der Waals surface area contributed by atoms with E-state index in [-0.39, 0.29) is 5.56 Å². The van der Waals surface area contributed by atoms with E-state index >= 15 is 0 Å². The van der Waals surface area contributed by atoms with Crippen molar-refractivity contribution in [2.75, 3.05) is 25.1 Å². The number of alkyl halides is 2. The number of rotatable bonds is 5. The molecule has 0 spiro atoms. The highest BCUT2D eigenvalue weighted by Gasteiger charge is 2.26. The van der Waals surface area contributed by atoms with Crippen LogP contribution in [-0.2, 0) is 9.47 Å². The highest BCUT2D eigenvalue weighted by Crippen LogP contribution is 2.40. The summed E-state index contributed by atoms with van der Waals surface area (Å²) in [6.07, 6.45) is -2.49. The summed E-state index contributed by atoms with van der Waals surface area (Å²) in [6.45, 7) is 0.395. The minimum absolute atomic E-state index is 0.253. The Morgan fingerprint density at radius 1 is 1.40 bits per heavy atom. The highest BCUT2D eigenvalue weighted by atomic mass is 79.9. The van der Waals surface area contributed by atoms with Crippen LogP contribution in [0.5, 0.6) is 0 Å². The first-order valence-electron chi connectivity index (χ1n) is 5.77. The lowest BCUT2D eigenvalue weighted by atomic mass is 10.1. The fourth-order valence-electron chi connectivity index (χ4n) is 1.84. The van der Waals surface area contributed by atoms with E-state index in [4.69, 9.17) is 9.47 Å². The molecule has 1 heterocycles. The smallest absolute Gasteiger partial charge is 0.255 e. The SMILES string of the molecule is O=Cc1c(NCC(F)F)cc(Br)c(C2OCCO2)c1Br. The van der Waals surface area contributed by atoms with Gasteiger partial charge in [-0.2, -0.15) is 0 Å². The molecular weight excluding hydrogens is 404 g/mol. The highest BCUT2D eigenvalue weighted by molar-refractivity contribution is 9.11. The van der Waals surface area contributed by atoms with Gasteiger partial charge in [-0.25, -0.2) is 8.78 Å². The molecule has 1 aromatic rings. The van der Waals surface area contributed by atoms with Gasteiger partial charge in [0.05, 0.1) is 25.3 Å². The molecule has 20 heavy (non-hydrogen) atoms. The lowest BCUT2D eigenvalue weighted by Crippen LogP contribution is -2.13. The van der Waals surface area contributed by atoms with E-state index in [0.717, 1.165) is 0 Å². The lowest BCUT2D eigenvalue weighted by molar-refractivity contribution is -0.0451. The zero-order chi connectivity index (χ0) is 14.7. The van der Waals surface area contributed by atoms with Gasteiger partial charge in [-0.05, 0) is 22.0 Å². The number of ether oxygens (including phenoxy) is 2. The first-order valence-corrected chi connectivity index (χ1v) is 7.35. The molecule has 8 heteroatoms. The van der Waals surface area contributed by atoms with Crippen LogP contribution in [0.3, 0.4) is 0 Å². The standard InChI is InChI=1S/C12H11Br2F2NO3/c13-7-3-8(17-4-9(15)16)6(5-18)11(14)10(7)12-19-1-2-20-12/h3,5,9,12,17H,1-2,4H2.